The number of para-hydroxylation sites is 1. The van der Waals surface area contributed by atoms with Crippen molar-refractivity contribution < 1.29 is 17.3 Å². The molecule has 0 unspecified atom stereocenters. The van der Waals surface area contributed by atoms with E-state index in [4.69, 9.17) is 4.52 Å². The summed E-state index contributed by atoms with van der Waals surface area (Å²) in [6.07, 6.45) is 0. The number of nitrogens with one attached hydrogen (secondary N) is 1. The monoisotopic (exact) mass is 423 g/mol. The zero-order chi connectivity index (χ0) is 21.3. The molecule has 1 N–H and O–H groups in total. The Morgan fingerprint density at radius 2 is 1.60 bits per heavy atom. The lowest BCUT2D eigenvalue weighted by molar-refractivity contribution is 0.432. The first-order chi connectivity index (χ1) is 14.3. The normalized spacial score (nSPS) is 11.4. The molecule has 1 aromatic heterocycles. The Bertz CT molecular complexity index is 1320. The van der Waals surface area contributed by atoms with Crippen LogP contribution in [0.5, 0.6) is 0 Å². The van der Waals surface area contributed by atoms with E-state index in [-0.39, 0.29) is 22.4 Å². The largest absolute Gasteiger partial charge is 0.334 e. The van der Waals surface area contributed by atoms with Crippen molar-refractivity contribution in [2.24, 2.45) is 0 Å². The van der Waals surface area contributed by atoms with E-state index in [1.165, 1.54) is 18.2 Å². The molecule has 0 amide bonds. The van der Waals surface area contributed by atoms with Crippen molar-refractivity contribution in [1.29, 1.82) is 0 Å². The molecule has 4 aromatic rings. The molecule has 0 saturated heterocycles. The summed E-state index contributed by atoms with van der Waals surface area (Å²) in [5.74, 6) is 0.109. The van der Waals surface area contributed by atoms with Crippen molar-refractivity contribution in [3.63, 3.8) is 0 Å². The highest BCUT2D eigenvalue weighted by Crippen LogP contribution is 2.25. The van der Waals surface area contributed by atoms with Crippen molar-refractivity contribution in [2.75, 3.05) is 4.72 Å². The van der Waals surface area contributed by atoms with Crippen LogP contribution in [0, 0.1) is 19.7 Å². The Labute approximate surface area is 173 Å². The lowest BCUT2D eigenvalue weighted by Crippen LogP contribution is -2.13. The molecular weight excluding hydrogens is 405 g/mol. The van der Waals surface area contributed by atoms with Crippen LogP contribution in [-0.2, 0) is 10.0 Å². The summed E-state index contributed by atoms with van der Waals surface area (Å²) in [5, 5.41) is 3.89. The van der Waals surface area contributed by atoms with Gasteiger partial charge < -0.3 is 4.52 Å². The van der Waals surface area contributed by atoms with Crippen LogP contribution in [0.3, 0.4) is 0 Å². The smallest absolute Gasteiger partial charge is 0.261 e. The number of hydrogen-bond acceptors (Lipinski definition) is 5. The van der Waals surface area contributed by atoms with Gasteiger partial charge in [0, 0.05) is 11.1 Å². The first-order valence-corrected chi connectivity index (χ1v) is 10.6. The van der Waals surface area contributed by atoms with Crippen LogP contribution >= 0.6 is 0 Å². The van der Waals surface area contributed by atoms with E-state index in [1.807, 2.05) is 19.1 Å². The van der Waals surface area contributed by atoms with Gasteiger partial charge in [-0.15, -0.1) is 0 Å². The molecular formula is C22H18FN3O3S. The molecule has 30 heavy (non-hydrogen) atoms. The van der Waals surface area contributed by atoms with Gasteiger partial charge in [-0.25, -0.2) is 12.8 Å². The molecule has 4 rings (SSSR count). The van der Waals surface area contributed by atoms with Crippen LogP contribution in [0.15, 0.2) is 76.1 Å². The fraction of sp³-hybridized carbons (Fsp3) is 0.0909. The van der Waals surface area contributed by atoms with Crippen LogP contribution in [0.2, 0.25) is 0 Å². The highest BCUT2D eigenvalue weighted by Gasteiger charge is 2.17. The third-order valence-electron chi connectivity index (χ3n) is 4.66. The van der Waals surface area contributed by atoms with Gasteiger partial charge in [0.25, 0.3) is 15.9 Å². The summed E-state index contributed by atoms with van der Waals surface area (Å²) in [5.41, 5.74) is 2.92. The number of anilines is 1. The maximum atomic E-state index is 13.8. The van der Waals surface area contributed by atoms with Gasteiger partial charge in [0.15, 0.2) is 0 Å². The summed E-state index contributed by atoms with van der Waals surface area (Å²) < 4.78 is 46.9. The molecule has 0 atom stereocenters. The number of aromatic nitrogens is 2. The zero-order valence-electron chi connectivity index (χ0n) is 16.3. The van der Waals surface area contributed by atoms with Gasteiger partial charge in [0.2, 0.25) is 5.82 Å². The molecule has 0 saturated carbocycles. The van der Waals surface area contributed by atoms with E-state index in [2.05, 4.69) is 14.9 Å². The Morgan fingerprint density at radius 3 is 2.30 bits per heavy atom. The average Bonchev–Trinajstić information content (AvgIpc) is 3.22. The van der Waals surface area contributed by atoms with Crippen LogP contribution in [-0.4, -0.2) is 18.6 Å². The third-order valence-corrected chi connectivity index (χ3v) is 6.04. The summed E-state index contributed by atoms with van der Waals surface area (Å²) in [6.45, 7) is 3.50. The number of hydrogen-bond donors (Lipinski definition) is 1. The zero-order valence-corrected chi connectivity index (χ0v) is 17.1. The summed E-state index contributed by atoms with van der Waals surface area (Å²) >= 11 is 0. The van der Waals surface area contributed by atoms with E-state index < -0.39 is 10.0 Å². The standard InChI is InChI=1S/C22H18FN3O3S/c1-14-7-8-17(13-19(14)23)21-24-22(29-25-21)16-9-11-18(12-10-16)30(27,28)26-20-6-4-3-5-15(20)2/h3-13,26H,1-2H3. The molecule has 1 heterocycles. The van der Waals surface area contributed by atoms with Gasteiger partial charge in [-0.1, -0.05) is 35.5 Å². The molecule has 0 bridgehead atoms. The molecule has 0 aliphatic carbocycles. The molecule has 0 aliphatic heterocycles. The van der Waals surface area contributed by atoms with E-state index in [0.717, 1.165) is 5.56 Å². The Hall–Kier alpha value is -3.52. The Kier molecular flexibility index (Phi) is 5.09. The second kappa shape index (κ2) is 7.72. The average molecular weight is 423 g/mol. The Balaban J connectivity index is 1.57. The molecule has 152 valence electrons. The van der Waals surface area contributed by atoms with Gasteiger partial charge in [-0.2, -0.15) is 4.98 Å². The number of rotatable bonds is 5. The van der Waals surface area contributed by atoms with E-state index >= 15 is 0 Å². The third kappa shape index (κ3) is 3.95. The van der Waals surface area contributed by atoms with Crippen LogP contribution in [0.1, 0.15) is 11.1 Å². The van der Waals surface area contributed by atoms with Gasteiger partial charge in [-0.3, -0.25) is 4.72 Å². The molecule has 6 nitrogen and oxygen atoms in total. The topological polar surface area (TPSA) is 85.1 Å². The summed E-state index contributed by atoms with van der Waals surface area (Å²) in [7, 11) is -3.74. The molecule has 3 aromatic carbocycles. The van der Waals surface area contributed by atoms with Crippen LogP contribution in [0.4, 0.5) is 10.1 Å². The SMILES string of the molecule is Cc1ccc(-c2noc(-c3ccc(S(=O)(=O)Nc4ccccc4C)cc3)n2)cc1F. The molecule has 0 radical (unpaired) electrons. The lowest BCUT2D eigenvalue weighted by Gasteiger charge is -2.10. The van der Waals surface area contributed by atoms with Gasteiger partial charge in [-0.05, 0) is 61.4 Å². The highest BCUT2D eigenvalue weighted by atomic mass is 32.2. The van der Waals surface area contributed by atoms with E-state index in [1.54, 1.807) is 43.3 Å². The van der Waals surface area contributed by atoms with Crippen molar-refractivity contribution in [2.45, 2.75) is 18.7 Å². The van der Waals surface area contributed by atoms with Crippen molar-refractivity contribution in [3.05, 3.63) is 83.7 Å². The fourth-order valence-electron chi connectivity index (χ4n) is 2.86. The van der Waals surface area contributed by atoms with Crippen LogP contribution < -0.4 is 4.72 Å². The molecule has 0 aliphatic rings. The first-order valence-electron chi connectivity index (χ1n) is 9.12. The van der Waals surface area contributed by atoms with Crippen molar-refractivity contribution in [1.82, 2.24) is 10.1 Å². The number of benzene rings is 3. The molecule has 0 spiro atoms. The van der Waals surface area contributed by atoms with Gasteiger partial charge in [0.05, 0.1) is 10.6 Å². The quantitative estimate of drug-likeness (QED) is 0.490. The lowest BCUT2D eigenvalue weighted by atomic mass is 10.1. The second-order valence-corrected chi connectivity index (χ2v) is 8.51. The number of halogens is 1. The van der Waals surface area contributed by atoms with Crippen LogP contribution in [0.25, 0.3) is 22.8 Å². The van der Waals surface area contributed by atoms with E-state index in [9.17, 15) is 12.8 Å². The minimum Gasteiger partial charge on any atom is -0.334 e. The number of aryl methyl sites for hydroxylation is 2. The summed E-state index contributed by atoms with van der Waals surface area (Å²) in [4.78, 5) is 4.39. The predicted molar refractivity (Wildman–Crippen MR) is 112 cm³/mol. The minimum atomic E-state index is -3.74. The number of nitrogens with zero attached hydrogens (tertiary/aromatic N) is 2. The Morgan fingerprint density at radius 1 is 0.900 bits per heavy atom. The van der Waals surface area contributed by atoms with Gasteiger partial charge >= 0.3 is 0 Å². The van der Waals surface area contributed by atoms with E-state index in [0.29, 0.717) is 22.4 Å². The second-order valence-electron chi connectivity index (χ2n) is 6.83. The number of sulfonamides is 1. The molecule has 8 heteroatoms. The fourth-order valence-corrected chi connectivity index (χ4v) is 3.99. The predicted octanol–water partition coefficient (Wildman–Crippen LogP) is 4.96. The molecule has 0 fully saturated rings. The maximum Gasteiger partial charge on any atom is 0.261 e. The van der Waals surface area contributed by atoms with Gasteiger partial charge in [0.1, 0.15) is 5.82 Å². The minimum absolute atomic E-state index is 0.106. The highest BCUT2D eigenvalue weighted by molar-refractivity contribution is 7.92. The van der Waals surface area contributed by atoms with Crippen molar-refractivity contribution in [3.8, 4) is 22.8 Å². The maximum absolute atomic E-state index is 13.8. The summed E-state index contributed by atoms with van der Waals surface area (Å²) in [6, 6.07) is 17.9. The van der Waals surface area contributed by atoms with Crippen molar-refractivity contribution >= 4 is 15.7 Å². The first kappa shape index (κ1) is 19.8.